The molecule has 32 heavy (non-hydrogen) atoms. The van der Waals surface area contributed by atoms with Gasteiger partial charge in [-0.25, -0.2) is 9.97 Å². The predicted molar refractivity (Wildman–Crippen MR) is 130 cm³/mol. The van der Waals surface area contributed by atoms with Crippen LogP contribution >= 0.6 is 38.6 Å². The molecule has 0 N–H and O–H groups in total. The molecular weight excluding hydrogens is 510 g/mol. The smallest absolute Gasteiger partial charge is 0.194 e. The van der Waals surface area contributed by atoms with Gasteiger partial charge in [0.15, 0.2) is 26.9 Å². The van der Waals surface area contributed by atoms with Crippen LogP contribution < -0.4 is 9.47 Å². The van der Waals surface area contributed by atoms with E-state index in [1.807, 2.05) is 48.8 Å². The summed E-state index contributed by atoms with van der Waals surface area (Å²) in [6, 6.07) is 9.67. The number of benzene rings is 1. The zero-order valence-electron chi connectivity index (χ0n) is 16.9. The summed E-state index contributed by atoms with van der Waals surface area (Å²) in [4.78, 5) is 11.6. The van der Waals surface area contributed by atoms with Gasteiger partial charge in [0.05, 0.1) is 10.6 Å². The van der Waals surface area contributed by atoms with E-state index in [-0.39, 0.29) is 0 Å². The van der Waals surface area contributed by atoms with Crippen LogP contribution in [0.3, 0.4) is 0 Å². The number of nitrogens with zero attached hydrogens (tertiary/aromatic N) is 3. The fraction of sp³-hybridized carbons (Fsp3) is 0.130. The molecule has 0 unspecified atom stereocenters. The number of ether oxygens (including phenoxy) is 2. The Kier molecular flexibility index (Phi) is 4.71. The Labute approximate surface area is 199 Å². The Bertz CT molecular complexity index is 1490. The van der Waals surface area contributed by atoms with Crippen LogP contribution in [0, 0.1) is 6.92 Å². The second kappa shape index (κ2) is 7.61. The van der Waals surface area contributed by atoms with Gasteiger partial charge in [0.2, 0.25) is 0 Å². The second-order valence-corrected chi connectivity index (χ2v) is 9.89. The van der Waals surface area contributed by atoms with Crippen molar-refractivity contribution in [3.63, 3.8) is 0 Å². The molecule has 0 amide bonds. The Morgan fingerprint density at radius 2 is 1.97 bits per heavy atom. The van der Waals surface area contributed by atoms with Crippen molar-refractivity contribution in [2.75, 3.05) is 13.2 Å². The third kappa shape index (κ3) is 3.19. The van der Waals surface area contributed by atoms with Crippen LogP contribution in [0.1, 0.15) is 16.1 Å². The minimum atomic E-state index is 0.538. The molecule has 6 nitrogen and oxygen atoms in total. The van der Waals surface area contributed by atoms with Crippen LogP contribution in [0.4, 0.5) is 0 Å². The van der Waals surface area contributed by atoms with Gasteiger partial charge in [0.25, 0.3) is 0 Å². The Morgan fingerprint density at radius 1 is 1.12 bits per heavy atom. The highest BCUT2D eigenvalue weighted by atomic mass is 79.9. The molecule has 0 bridgehead atoms. The summed E-state index contributed by atoms with van der Waals surface area (Å²) in [5.41, 5.74) is 4.47. The normalized spacial score (nSPS) is 13.1. The molecular formula is C23H16BrN3O3S2. The van der Waals surface area contributed by atoms with Crippen molar-refractivity contribution in [2.45, 2.75) is 6.92 Å². The molecule has 1 aliphatic heterocycles. The number of fused-ring (bicyclic) bond motifs is 2. The van der Waals surface area contributed by atoms with Crippen molar-refractivity contribution in [3.05, 3.63) is 69.3 Å². The van der Waals surface area contributed by atoms with Crippen LogP contribution in [0.5, 0.6) is 11.5 Å². The van der Waals surface area contributed by atoms with E-state index in [1.165, 1.54) is 0 Å². The molecule has 1 aliphatic rings. The maximum atomic E-state index is 5.87. The van der Waals surface area contributed by atoms with Crippen LogP contribution in [-0.4, -0.2) is 27.6 Å². The van der Waals surface area contributed by atoms with Gasteiger partial charge < -0.3 is 13.9 Å². The molecule has 0 radical (unpaired) electrons. The third-order valence-corrected chi connectivity index (χ3v) is 7.54. The molecule has 0 fully saturated rings. The number of furan rings is 1. The molecule has 0 atom stereocenters. The molecule has 5 heterocycles. The van der Waals surface area contributed by atoms with E-state index in [2.05, 4.69) is 31.9 Å². The first kappa shape index (κ1) is 19.8. The number of rotatable bonds is 4. The summed E-state index contributed by atoms with van der Waals surface area (Å²) in [5, 5.41) is 2.89. The number of halogens is 1. The van der Waals surface area contributed by atoms with Crippen LogP contribution in [0.15, 0.2) is 57.6 Å². The number of hydrogen-bond donors (Lipinski definition) is 0. The van der Waals surface area contributed by atoms with Gasteiger partial charge in [0.1, 0.15) is 29.6 Å². The van der Waals surface area contributed by atoms with E-state index in [0.717, 1.165) is 54.6 Å². The predicted octanol–water partition coefficient (Wildman–Crippen LogP) is 6.68. The number of aromatic nitrogens is 3. The Balaban J connectivity index is 1.51. The zero-order chi connectivity index (χ0) is 21.8. The maximum absolute atomic E-state index is 5.87. The number of thiazole rings is 2. The molecule has 9 heteroatoms. The van der Waals surface area contributed by atoms with Gasteiger partial charge in [-0.3, -0.25) is 4.40 Å². The first-order valence-electron chi connectivity index (χ1n) is 9.87. The molecule has 1 aromatic carbocycles. The third-order valence-electron chi connectivity index (χ3n) is 5.24. The minimum Gasteiger partial charge on any atom is -0.486 e. The van der Waals surface area contributed by atoms with Gasteiger partial charge >= 0.3 is 0 Å². The van der Waals surface area contributed by atoms with Crippen molar-refractivity contribution in [3.8, 4) is 33.7 Å². The first-order chi connectivity index (χ1) is 15.6. The van der Waals surface area contributed by atoms with E-state index in [4.69, 9.17) is 18.9 Å². The monoisotopic (exact) mass is 525 g/mol. The molecule has 0 saturated carbocycles. The lowest BCUT2D eigenvalue weighted by Crippen LogP contribution is -2.15. The van der Waals surface area contributed by atoms with Crippen molar-refractivity contribution in [1.82, 2.24) is 14.4 Å². The van der Waals surface area contributed by atoms with Gasteiger partial charge in [0, 0.05) is 11.6 Å². The molecule has 6 rings (SSSR count). The van der Waals surface area contributed by atoms with Crippen LogP contribution in [0.25, 0.3) is 32.7 Å². The van der Waals surface area contributed by atoms with Gasteiger partial charge in [-0.05, 0) is 58.3 Å². The summed E-state index contributed by atoms with van der Waals surface area (Å²) in [7, 11) is 0. The fourth-order valence-electron chi connectivity index (χ4n) is 3.75. The molecule has 5 aromatic rings. The summed E-state index contributed by atoms with van der Waals surface area (Å²) in [6.07, 6.45) is 2.02. The SMILES string of the molecule is C=C(c1ccc2c(c1)OCCO2)c1sc(-c2c(C)nc3sccn23)nc1-c1ccc(Br)o1. The molecule has 4 aromatic heterocycles. The topological polar surface area (TPSA) is 61.8 Å². The fourth-order valence-corrected chi connectivity index (χ4v) is 5.97. The number of aryl methyl sites for hydroxylation is 1. The standard InChI is InChI=1S/C23H16BrN3O3S2/c1-12(14-3-4-15-17(11-14)29-9-8-28-15)21-19(16-5-6-18(24)30-16)26-22(32-21)20-13(2)25-23-27(20)7-10-31-23/h3-7,10-11H,1,8-9H2,2H3. The zero-order valence-corrected chi connectivity index (χ0v) is 20.1. The van der Waals surface area contributed by atoms with Gasteiger partial charge in [-0.2, -0.15) is 0 Å². The van der Waals surface area contributed by atoms with Gasteiger partial charge in [-0.15, -0.1) is 22.7 Å². The maximum Gasteiger partial charge on any atom is 0.194 e. The van der Waals surface area contributed by atoms with Crippen LogP contribution in [0.2, 0.25) is 0 Å². The van der Waals surface area contributed by atoms with Gasteiger partial charge in [-0.1, -0.05) is 12.6 Å². The summed E-state index contributed by atoms with van der Waals surface area (Å²) in [5.74, 6) is 2.16. The van der Waals surface area contributed by atoms with E-state index >= 15 is 0 Å². The van der Waals surface area contributed by atoms with Crippen LogP contribution in [-0.2, 0) is 0 Å². The van der Waals surface area contributed by atoms with E-state index < -0.39 is 0 Å². The highest BCUT2D eigenvalue weighted by Gasteiger charge is 2.24. The summed E-state index contributed by atoms with van der Waals surface area (Å²) < 4.78 is 20.0. The first-order valence-corrected chi connectivity index (χ1v) is 12.4. The lowest BCUT2D eigenvalue weighted by Gasteiger charge is -2.19. The molecule has 0 spiro atoms. The van der Waals surface area contributed by atoms with E-state index in [0.29, 0.717) is 23.6 Å². The van der Waals surface area contributed by atoms with E-state index in [9.17, 15) is 0 Å². The van der Waals surface area contributed by atoms with Crippen molar-refractivity contribution >= 4 is 49.1 Å². The average Bonchev–Trinajstić information content (AvgIpc) is 3.57. The minimum absolute atomic E-state index is 0.538. The quantitative estimate of drug-likeness (QED) is 0.261. The van der Waals surface area contributed by atoms with E-state index in [1.54, 1.807) is 22.7 Å². The Morgan fingerprint density at radius 3 is 2.78 bits per heavy atom. The largest absolute Gasteiger partial charge is 0.486 e. The summed E-state index contributed by atoms with van der Waals surface area (Å²) in [6.45, 7) is 7.51. The lowest BCUT2D eigenvalue weighted by atomic mass is 10.0. The molecule has 0 saturated heterocycles. The molecule has 160 valence electrons. The molecule has 0 aliphatic carbocycles. The van der Waals surface area contributed by atoms with Crippen molar-refractivity contribution < 1.29 is 13.9 Å². The number of hydrogen-bond acceptors (Lipinski definition) is 7. The highest BCUT2D eigenvalue weighted by Crippen LogP contribution is 2.43. The average molecular weight is 526 g/mol. The van der Waals surface area contributed by atoms with Crippen molar-refractivity contribution in [1.29, 1.82) is 0 Å². The lowest BCUT2D eigenvalue weighted by molar-refractivity contribution is 0.171. The highest BCUT2D eigenvalue weighted by molar-refractivity contribution is 9.10. The second-order valence-electron chi connectivity index (χ2n) is 7.24. The number of imidazole rings is 1. The Hall–Kier alpha value is -2.88. The summed E-state index contributed by atoms with van der Waals surface area (Å²) >= 11 is 6.59. The van der Waals surface area contributed by atoms with Crippen molar-refractivity contribution in [2.24, 2.45) is 0 Å².